The average Bonchev–Trinajstić information content (AvgIpc) is 2.85. The number of fused-ring (bicyclic) bond motifs is 1. The molecule has 5 heteroatoms. The molecule has 1 aromatic heterocycles. The van der Waals surface area contributed by atoms with Crippen LogP contribution >= 0.6 is 11.8 Å². The van der Waals surface area contributed by atoms with E-state index in [1.54, 1.807) is 11.8 Å². The molecule has 0 bridgehead atoms. The lowest BCUT2D eigenvalue weighted by atomic mass is 10.2. The van der Waals surface area contributed by atoms with Crippen molar-refractivity contribution in [2.75, 3.05) is 25.9 Å². The summed E-state index contributed by atoms with van der Waals surface area (Å²) in [6, 6.07) is 6.45. The molecule has 2 aromatic rings. The van der Waals surface area contributed by atoms with Gasteiger partial charge in [-0.2, -0.15) is 5.10 Å². The minimum absolute atomic E-state index is 0.328. The summed E-state index contributed by atoms with van der Waals surface area (Å²) in [5.41, 5.74) is 1.08. The summed E-state index contributed by atoms with van der Waals surface area (Å²) in [6.45, 7) is 8.29. The van der Waals surface area contributed by atoms with Crippen LogP contribution in [0.15, 0.2) is 29.3 Å². The molecule has 1 aliphatic rings. The Morgan fingerprint density at radius 2 is 2.00 bits per heavy atom. The van der Waals surface area contributed by atoms with Gasteiger partial charge in [0.2, 0.25) is 0 Å². The fourth-order valence-electron chi connectivity index (χ4n) is 3.01. The number of ether oxygens (including phenoxy) is 1. The van der Waals surface area contributed by atoms with Gasteiger partial charge in [0, 0.05) is 36.1 Å². The summed E-state index contributed by atoms with van der Waals surface area (Å²) in [6.07, 6.45) is 4.92. The first-order chi connectivity index (χ1) is 10.1. The van der Waals surface area contributed by atoms with Gasteiger partial charge in [0.25, 0.3) is 0 Å². The third kappa shape index (κ3) is 3.59. The molecule has 1 saturated heterocycles. The Kier molecular flexibility index (Phi) is 4.52. The molecular weight excluding hydrogens is 282 g/mol. The predicted octanol–water partition coefficient (Wildman–Crippen LogP) is 2.87. The monoisotopic (exact) mass is 305 g/mol. The first-order valence-corrected chi connectivity index (χ1v) is 8.75. The van der Waals surface area contributed by atoms with Gasteiger partial charge in [-0.3, -0.25) is 9.58 Å². The van der Waals surface area contributed by atoms with E-state index in [0.717, 1.165) is 31.7 Å². The quantitative estimate of drug-likeness (QED) is 0.813. The van der Waals surface area contributed by atoms with Crippen molar-refractivity contribution < 1.29 is 4.74 Å². The number of morpholine rings is 1. The van der Waals surface area contributed by atoms with Crippen molar-refractivity contribution in [3.8, 4) is 0 Å². The van der Waals surface area contributed by atoms with E-state index >= 15 is 0 Å². The summed E-state index contributed by atoms with van der Waals surface area (Å²) in [5.74, 6) is 0. The van der Waals surface area contributed by atoms with Gasteiger partial charge in [0.05, 0.1) is 24.3 Å². The maximum absolute atomic E-state index is 5.78. The topological polar surface area (TPSA) is 30.3 Å². The standard InChI is InChI=1S/C16H23N3OS/c1-12-9-18(10-13(2)20-12)6-7-19-11-14-8-15(21-3)4-5-16(14)17-19/h4-5,8,11-13H,6-7,9-10H2,1-3H3/t12-,13-/m0/s1. The zero-order valence-corrected chi connectivity index (χ0v) is 13.8. The van der Waals surface area contributed by atoms with Gasteiger partial charge in [-0.1, -0.05) is 0 Å². The van der Waals surface area contributed by atoms with Crippen molar-refractivity contribution in [1.29, 1.82) is 0 Å². The molecule has 21 heavy (non-hydrogen) atoms. The second-order valence-electron chi connectivity index (χ2n) is 5.83. The summed E-state index contributed by atoms with van der Waals surface area (Å²) < 4.78 is 7.84. The van der Waals surface area contributed by atoms with Crippen molar-refractivity contribution in [2.45, 2.75) is 37.5 Å². The van der Waals surface area contributed by atoms with Crippen molar-refractivity contribution in [2.24, 2.45) is 0 Å². The molecule has 0 radical (unpaired) electrons. The van der Waals surface area contributed by atoms with E-state index < -0.39 is 0 Å². The molecule has 0 spiro atoms. The van der Waals surface area contributed by atoms with E-state index in [1.165, 1.54) is 10.3 Å². The number of hydrogen-bond donors (Lipinski definition) is 0. The highest BCUT2D eigenvalue weighted by Crippen LogP contribution is 2.21. The van der Waals surface area contributed by atoms with E-state index in [0.29, 0.717) is 12.2 Å². The molecule has 114 valence electrons. The van der Waals surface area contributed by atoms with Crippen LogP contribution in [0.3, 0.4) is 0 Å². The van der Waals surface area contributed by atoms with Crippen molar-refractivity contribution in [3.63, 3.8) is 0 Å². The van der Waals surface area contributed by atoms with Gasteiger partial charge in [0.15, 0.2) is 0 Å². The van der Waals surface area contributed by atoms with Gasteiger partial charge in [-0.05, 0) is 38.3 Å². The second kappa shape index (κ2) is 6.38. The Balaban J connectivity index is 1.65. The van der Waals surface area contributed by atoms with Crippen LogP contribution in [-0.4, -0.2) is 52.8 Å². The normalized spacial score (nSPS) is 23.8. The Labute approximate surface area is 130 Å². The van der Waals surface area contributed by atoms with Gasteiger partial charge in [0.1, 0.15) is 0 Å². The third-order valence-corrected chi connectivity index (χ3v) is 4.62. The first kappa shape index (κ1) is 14.9. The summed E-state index contributed by atoms with van der Waals surface area (Å²) in [7, 11) is 0. The van der Waals surface area contributed by atoms with Crippen LogP contribution in [0.1, 0.15) is 13.8 Å². The number of rotatable bonds is 4. The molecule has 1 aliphatic heterocycles. The Morgan fingerprint density at radius 1 is 1.24 bits per heavy atom. The van der Waals surface area contributed by atoms with Crippen LogP contribution in [0.2, 0.25) is 0 Å². The van der Waals surface area contributed by atoms with Crippen molar-refractivity contribution >= 4 is 22.7 Å². The number of nitrogens with zero attached hydrogens (tertiary/aromatic N) is 3. The zero-order valence-electron chi connectivity index (χ0n) is 13.0. The van der Waals surface area contributed by atoms with Gasteiger partial charge in [-0.25, -0.2) is 0 Å². The lowest BCUT2D eigenvalue weighted by Gasteiger charge is -2.35. The van der Waals surface area contributed by atoms with Crippen LogP contribution in [0.25, 0.3) is 10.9 Å². The average molecular weight is 305 g/mol. The first-order valence-electron chi connectivity index (χ1n) is 7.53. The second-order valence-corrected chi connectivity index (χ2v) is 6.71. The van der Waals surface area contributed by atoms with E-state index in [4.69, 9.17) is 4.74 Å². The highest BCUT2D eigenvalue weighted by molar-refractivity contribution is 7.98. The lowest BCUT2D eigenvalue weighted by Crippen LogP contribution is -2.46. The molecular formula is C16H23N3OS. The fourth-order valence-corrected chi connectivity index (χ4v) is 3.46. The van der Waals surface area contributed by atoms with Crippen LogP contribution in [0, 0.1) is 0 Å². The highest BCUT2D eigenvalue weighted by Gasteiger charge is 2.21. The van der Waals surface area contributed by atoms with Gasteiger partial charge >= 0.3 is 0 Å². The molecule has 1 aromatic carbocycles. The number of benzene rings is 1. The molecule has 3 rings (SSSR count). The molecule has 1 fully saturated rings. The SMILES string of the molecule is CSc1ccc2nn(CCN3C[C@H](C)O[C@@H](C)C3)cc2c1. The van der Waals surface area contributed by atoms with Crippen LogP contribution in [-0.2, 0) is 11.3 Å². The van der Waals surface area contributed by atoms with Crippen LogP contribution in [0.5, 0.6) is 0 Å². The summed E-state index contributed by atoms with van der Waals surface area (Å²) >= 11 is 1.77. The van der Waals surface area contributed by atoms with Gasteiger partial charge in [-0.15, -0.1) is 11.8 Å². The van der Waals surface area contributed by atoms with E-state index in [2.05, 4.69) is 59.2 Å². The third-order valence-electron chi connectivity index (χ3n) is 3.90. The molecule has 2 heterocycles. The zero-order chi connectivity index (χ0) is 14.8. The van der Waals surface area contributed by atoms with Crippen LogP contribution in [0.4, 0.5) is 0 Å². The molecule has 0 N–H and O–H groups in total. The lowest BCUT2D eigenvalue weighted by molar-refractivity contribution is -0.0687. The number of aromatic nitrogens is 2. The number of thioether (sulfide) groups is 1. The predicted molar refractivity (Wildman–Crippen MR) is 88.0 cm³/mol. The number of hydrogen-bond acceptors (Lipinski definition) is 4. The van der Waals surface area contributed by atoms with Gasteiger partial charge < -0.3 is 4.74 Å². The maximum atomic E-state index is 5.78. The molecule has 0 amide bonds. The summed E-state index contributed by atoms with van der Waals surface area (Å²) in [4.78, 5) is 3.76. The van der Waals surface area contributed by atoms with Crippen molar-refractivity contribution in [1.82, 2.24) is 14.7 Å². The van der Waals surface area contributed by atoms with E-state index in [9.17, 15) is 0 Å². The smallest absolute Gasteiger partial charge is 0.0924 e. The Hall–Kier alpha value is -1.04. The largest absolute Gasteiger partial charge is 0.373 e. The molecule has 0 saturated carbocycles. The fraction of sp³-hybridized carbons (Fsp3) is 0.562. The molecule has 0 aliphatic carbocycles. The Bertz CT molecular complexity index is 603. The minimum atomic E-state index is 0.328. The van der Waals surface area contributed by atoms with Crippen molar-refractivity contribution in [3.05, 3.63) is 24.4 Å². The minimum Gasteiger partial charge on any atom is -0.373 e. The summed E-state index contributed by atoms with van der Waals surface area (Å²) in [5, 5.41) is 5.89. The molecule has 4 nitrogen and oxygen atoms in total. The van der Waals surface area contributed by atoms with Crippen LogP contribution < -0.4 is 0 Å². The molecule has 0 unspecified atom stereocenters. The Morgan fingerprint density at radius 3 is 2.71 bits per heavy atom. The van der Waals surface area contributed by atoms with E-state index in [1.807, 2.05) is 0 Å². The maximum Gasteiger partial charge on any atom is 0.0924 e. The van der Waals surface area contributed by atoms with E-state index in [-0.39, 0.29) is 0 Å². The molecule has 2 atom stereocenters. The highest BCUT2D eigenvalue weighted by atomic mass is 32.2.